The summed E-state index contributed by atoms with van der Waals surface area (Å²) in [4.78, 5) is 26.8. The molecule has 0 radical (unpaired) electrons. The van der Waals surface area contributed by atoms with Crippen LogP contribution in [-0.4, -0.2) is 56.0 Å². The summed E-state index contributed by atoms with van der Waals surface area (Å²) in [6.07, 6.45) is 3.66. The lowest BCUT2D eigenvalue weighted by molar-refractivity contribution is -0.122. The fourth-order valence-corrected chi connectivity index (χ4v) is 3.45. The van der Waals surface area contributed by atoms with Crippen molar-refractivity contribution in [2.45, 2.75) is 32.6 Å². The Morgan fingerprint density at radius 1 is 1.15 bits per heavy atom. The zero-order valence-electron chi connectivity index (χ0n) is 15.5. The fraction of sp³-hybridized carbons (Fsp3) is 0.600. The summed E-state index contributed by atoms with van der Waals surface area (Å²) in [6.45, 7) is 5.90. The molecule has 2 aliphatic rings. The first-order valence-corrected chi connectivity index (χ1v) is 9.60. The van der Waals surface area contributed by atoms with Crippen molar-refractivity contribution >= 4 is 11.7 Å². The summed E-state index contributed by atoms with van der Waals surface area (Å²) < 4.78 is 11.1. The summed E-state index contributed by atoms with van der Waals surface area (Å²) >= 11 is 0. The maximum Gasteiger partial charge on any atom is 0.234 e. The van der Waals surface area contributed by atoms with Gasteiger partial charge in [0.25, 0.3) is 0 Å². The summed E-state index contributed by atoms with van der Waals surface area (Å²) in [6, 6.07) is 5.44. The van der Waals surface area contributed by atoms with E-state index in [1.807, 2.05) is 12.1 Å². The Labute approximate surface area is 154 Å². The number of unbranched alkanes of at least 4 members (excludes halogenated alkanes) is 1. The highest BCUT2D eigenvalue weighted by atomic mass is 16.6. The van der Waals surface area contributed by atoms with Crippen molar-refractivity contribution in [3.05, 3.63) is 23.8 Å². The number of likely N-dealkylation sites (tertiary alicyclic amines) is 1. The third kappa shape index (κ3) is 4.75. The minimum Gasteiger partial charge on any atom is -0.486 e. The molecule has 142 valence electrons. The smallest absolute Gasteiger partial charge is 0.234 e. The second kappa shape index (κ2) is 9.03. The number of hydrogen-bond acceptors (Lipinski definition) is 5. The van der Waals surface area contributed by atoms with Gasteiger partial charge in [0.1, 0.15) is 13.2 Å². The highest BCUT2D eigenvalue weighted by Crippen LogP contribution is 2.32. The Kier molecular flexibility index (Phi) is 6.50. The van der Waals surface area contributed by atoms with E-state index >= 15 is 0 Å². The van der Waals surface area contributed by atoms with Gasteiger partial charge >= 0.3 is 0 Å². The minimum atomic E-state index is 0.0111. The third-order valence-corrected chi connectivity index (χ3v) is 5.00. The van der Waals surface area contributed by atoms with Crippen LogP contribution in [0.25, 0.3) is 0 Å². The highest BCUT2D eigenvalue weighted by Gasteiger charge is 2.27. The molecule has 2 aliphatic heterocycles. The molecule has 0 aliphatic carbocycles. The molecule has 1 N–H and O–H groups in total. The molecule has 1 aromatic carbocycles. The molecule has 2 heterocycles. The number of carbonyl (C=O) groups excluding carboxylic acids is 2. The van der Waals surface area contributed by atoms with E-state index in [1.165, 1.54) is 0 Å². The van der Waals surface area contributed by atoms with Crippen molar-refractivity contribution in [2.75, 3.05) is 39.4 Å². The lowest BCUT2D eigenvalue weighted by Crippen LogP contribution is -2.42. The van der Waals surface area contributed by atoms with Gasteiger partial charge in [0.05, 0.1) is 6.54 Å². The van der Waals surface area contributed by atoms with Gasteiger partial charge < -0.3 is 14.8 Å². The number of nitrogens with zero attached hydrogens (tertiary/aromatic N) is 1. The molecule has 0 unspecified atom stereocenters. The molecule has 26 heavy (non-hydrogen) atoms. The number of rotatable bonds is 7. The molecule has 1 saturated heterocycles. The first kappa shape index (κ1) is 18.7. The topological polar surface area (TPSA) is 67.9 Å². The molecule has 1 aromatic rings. The number of ether oxygens (including phenoxy) is 2. The van der Waals surface area contributed by atoms with Crippen LogP contribution in [0.1, 0.15) is 43.0 Å². The molecule has 0 atom stereocenters. The Hall–Kier alpha value is -2.08. The standard InChI is InChI=1S/C20H28N2O4/c1-2-3-8-21-19(23)14-22-9-6-15(7-10-22)20(24)16-4-5-17-18(13-16)26-12-11-25-17/h4-5,13,15H,2-3,6-12,14H2,1H3,(H,21,23). The Morgan fingerprint density at radius 3 is 2.62 bits per heavy atom. The van der Waals surface area contributed by atoms with E-state index in [0.29, 0.717) is 36.8 Å². The van der Waals surface area contributed by atoms with Gasteiger partial charge in [0.2, 0.25) is 5.91 Å². The molecule has 6 nitrogen and oxygen atoms in total. The monoisotopic (exact) mass is 360 g/mol. The zero-order valence-corrected chi connectivity index (χ0v) is 15.5. The predicted octanol–water partition coefficient (Wildman–Crippen LogP) is 2.27. The molecule has 0 aromatic heterocycles. The van der Waals surface area contributed by atoms with Gasteiger partial charge in [-0.1, -0.05) is 13.3 Å². The normalized spacial score (nSPS) is 17.7. The van der Waals surface area contributed by atoms with Crippen LogP contribution in [0.2, 0.25) is 0 Å². The second-order valence-corrected chi connectivity index (χ2v) is 6.98. The van der Waals surface area contributed by atoms with Crippen LogP contribution in [-0.2, 0) is 4.79 Å². The Balaban J connectivity index is 1.48. The zero-order chi connectivity index (χ0) is 18.4. The first-order valence-electron chi connectivity index (χ1n) is 9.60. The highest BCUT2D eigenvalue weighted by molar-refractivity contribution is 5.98. The number of benzene rings is 1. The summed E-state index contributed by atoms with van der Waals surface area (Å²) in [5.41, 5.74) is 0.685. The Bertz CT molecular complexity index is 639. The van der Waals surface area contributed by atoms with Crippen molar-refractivity contribution in [2.24, 2.45) is 5.92 Å². The molecule has 0 bridgehead atoms. The molecule has 1 amide bonds. The van der Waals surface area contributed by atoms with Gasteiger partial charge in [0.15, 0.2) is 17.3 Å². The van der Waals surface area contributed by atoms with Crippen molar-refractivity contribution in [3.8, 4) is 11.5 Å². The van der Waals surface area contributed by atoms with E-state index in [9.17, 15) is 9.59 Å². The van der Waals surface area contributed by atoms with Crippen molar-refractivity contribution in [1.82, 2.24) is 10.2 Å². The minimum absolute atomic E-state index is 0.0111. The molecule has 0 spiro atoms. The first-order chi connectivity index (χ1) is 12.7. The van der Waals surface area contributed by atoms with Crippen LogP contribution < -0.4 is 14.8 Å². The van der Waals surface area contributed by atoms with Crippen LogP contribution in [0.5, 0.6) is 11.5 Å². The number of Topliss-reactive ketones (excluding diaryl/α,β-unsaturated/α-hetero) is 1. The SMILES string of the molecule is CCCCNC(=O)CN1CCC(C(=O)c2ccc3c(c2)OCCO3)CC1. The number of fused-ring (bicyclic) bond motifs is 1. The van der Waals surface area contributed by atoms with E-state index in [4.69, 9.17) is 9.47 Å². The average molecular weight is 360 g/mol. The summed E-state index contributed by atoms with van der Waals surface area (Å²) in [5.74, 6) is 1.61. The van der Waals surface area contributed by atoms with Crippen LogP contribution in [0, 0.1) is 5.92 Å². The largest absolute Gasteiger partial charge is 0.486 e. The number of nitrogens with one attached hydrogen (secondary N) is 1. The van der Waals surface area contributed by atoms with E-state index < -0.39 is 0 Å². The van der Waals surface area contributed by atoms with Crippen molar-refractivity contribution in [3.63, 3.8) is 0 Å². The second-order valence-electron chi connectivity index (χ2n) is 6.98. The number of piperidine rings is 1. The molecule has 6 heteroatoms. The van der Waals surface area contributed by atoms with Crippen LogP contribution in [0.15, 0.2) is 18.2 Å². The number of amides is 1. The maximum atomic E-state index is 12.8. The van der Waals surface area contributed by atoms with Crippen molar-refractivity contribution in [1.29, 1.82) is 0 Å². The van der Waals surface area contributed by atoms with E-state index in [0.717, 1.165) is 45.3 Å². The average Bonchev–Trinajstić information content (AvgIpc) is 2.68. The summed E-state index contributed by atoms with van der Waals surface area (Å²) in [7, 11) is 0. The lowest BCUT2D eigenvalue weighted by Gasteiger charge is -2.30. The number of ketones is 1. The van der Waals surface area contributed by atoms with Gasteiger partial charge in [0, 0.05) is 18.0 Å². The maximum absolute atomic E-state index is 12.8. The van der Waals surface area contributed by atoms with Gasteiger partial charge in [-0.3, -0.25) is 14.5 Å². The van der Waals surface area contributed by atoms with Gasteiger partial charge in [-0.05, 0) is 50.6 Å². The van der Waals surface area contributed by atoms with Crippen molar-refractivity contribution < 1.29 is 19.1 Å². The van der Waals surface area contributed by atoms with E-state index in [2.05, 4.69) is 17.1 Å². The molecule has 3 rings (SSSR count). The quantitative estimate of drug-likeness (QED) is 0.597. The fourth-order valence-electron chi connectivity index (χ4n) is 3.45. The molecular formula is C20H28N2O4. The van der Waals surface area contributed by atoms with Crippen LogP contribution >= 0.6 is 0 Å². The molecular weight excluding hydrogens is 332 g/mol. The van der Waals surface area contributed by atoms with Gasteiger partial charge in [-0.25, -0.2) is 0 Å². The van der Waals surface area contributed by atoms with Crippen LogP contribution in [0.3, 0.4) is 0 Å². The molecule has 1 fully saturated rings. The predicted molar refractivity (Wildman–Crippen MR) is 98.8 cm³/mol. The number of carbonyl (C=O) groups is 2. The molecule has 0 saturated carbocycles. The third-order valence-electron chi connectivity index (χ3n) is 5.00. The number of hydrogen-bond donors (Lipinski definition) is 1. The van der Waals surface area contributed by atoms with Gasteiger partial charge in [-0.2, -0.15) is 0 Å². The van der Waals surface area contributed by atoms with Gasteiger partial charge in [-0.15, -0.1) is 0 Å². The van der Waals surface area contributed by atoms with Crippen LogP contribution in [0.4, 0.5) is 0 Å². The van der Waals surface area contributed by atoms with E-state index in [1.54, 1.807) is 6.07 Å². The summed E-state index contributed by atoms with van der Waals surface area (Å²) in [5, 5.41) is 2.95. The lowest BCUT2D eigenvalue weighted by atomic mass is 9.88. The Morgan fingerprint density at radius 2 is 1.88 bits per heavy atom. The van der Waals surface area contributed by atoms with E-state index in [-0.39, 0.29) is 17.6 Å².